The van der Waals surface area contributed by atoms with Crippen molar-refractivity contribution in [3.8, 4) is 11.3 Å². The smallest absolute Gasteiger partial charge is 0.200 e. The quantitative estimate of drug-likeness (QED) is 0.862. The van der Waals surface area contributed by atoms with Crippen LogP contribution in [0.1, 0.15) is 5.69 Å². The SMILES string of the molecule is Cc1nc(N)n(C)c1-c1ccccc1Br. The third-order valence-corrected chi connectivity index (χ3v) is 3.12. The summed E-state index contributed by atoms with van der Waals surface area (Å²) in [5.74, 6) is 0.540. The van der Waals surface area contributed by atoms with Crippen LogP contribution >= 0.6 is 15.9 Å². The summed E-state index contributed by atoms with van der Waals surface area (Å²) in [7, 11) is 1.92. The van der Waals surface area contributed by atoms with Gasteiger partial charge in [0, 0.05) is 17.1 Å². The van der Waals surface area contributed by atoms with E-state index in [2.05, 4.69) is 20.9 Å². The number of hydrogen-bond donors (Lipinski definition) is 1. The summed E-state index contributed by atoms with van der Waals surface area (Å²) in [6.07, 6.45) is 0. The van der Waals surface area contributed by atoms with Gasteiger partial charge in [0.2, 0.25) is 5.95 Å². The summed E-state index contributed by atoms with van der Waals surface area (Å²) < 4.78 is 2.95. The highest BCUT2D eigenvalue weighted by Crippen LogP contribution is 2.30. The van der Waals surface area contributed by atoms with Crippen LogP contribution in [-0.4, -0.2) is 9.55 Å². The van der Waals surface area contributed by atoms with Gasteiger partial charge in [-0.05, 0) is 13.0 Å². The molecular weight excluding hydrogens is 254 g/mol. The lowest BCUT2D eigenvalue weighted by Crippen LogP contribution is -1.98. The van der Waals surface area contributed by atoms with E-state index in [-0.39, 0.29) is 0 Å². The average Bonchev–Trinajstić information content (AvgIpc) is 2.43. The fraction of sp³-hybridized carbons (Fsp3) is 0.182. The second-order valence-electron chi connectivity index (χ2n) is 3.44. The third kappa shape index (κ3) is 1.65. The van der Waals surface area contributed by atoms with E-state index < -0.39 is 0 Å². The van der Waals surface area contributed by atoms with Crippen molar-refractivity contribution < 1.29 is 0 Å². The third-order valence-electron chi connectivity index (χ3n) is 2.43. The first kappa shape index (κ1) is 10.2. The first-order chi connectivity index (χ1) is 7.11. The molecule has 1 aromatic carbocycles. The van der Waals surface area contributed by atoms with Crippen molar-refractivity contribution in [3.05, 3.63) is 34.4 Å². The molecule has 0 aliphatic heterocycles. The Morgan fingerprint density at radius 1 is 1.33 bits per heavy atom. The Morgan fingerprint density at radius 3 is 2.53 bits per heavy atom. The van der Waals surface area contributed by atoms with E-state index in [0.29, 0.717) is 5.95 Å². The van der Waals surface area contributed by atoms with Gasteiger partial charge in [-0.2, -0.15) is 0 Å². The molecule has 0 saturated heterocycles. The Morgan fingerprint density at radius 2 is 2.00 bits per heavy atom. The van der Waals surface area contributed by atoms with Crippen LogP contribution in [0.25, 0.3) is 11.3 Å². The zero-order valence-electron chi connectivity index (χ0n) is 8.66. The molecule has 78 valence electrons. The normalized spacial score (nSPS) is 10.6. The van der Waals surface area contributed by atoms with Gasteiger partial charge in [0.1, 0.15) is 0 Å². The maximum atomic E-state index is 5.77. The van der Waals surface area contributed by atoms with Crippen LogP contribution in [0.2, 0.25) is 0 Å². The van der Waals surface area contributed by atoms with Crippen LogP contribution in [0.3, 0.4) is 0 Å². The van der Waals surface area contributed by atoms with Crippen molar-refractivity contribution in [2.75, 3.05) is 5.73 Å². The Kier molecular flexibility index (Phi) is 2.52. The van der Waals surface area contributed by atoms with Crippen LogP contribution < -0.4 is 5.73 Å². The van der Waals surface area contributed by atoms with Gasteiger partial charge in [-0.1, -0.05) is 34.1 Å². The zero-order chi connectivity index (χ0) is 11.0. The van der Waals surface area contributed by atoms with Crippen molar-refractivity contribution in [1.82, 2.24) is 9.55 Å². The van der Waals surface area contributed by atoms with Crippen molar-refractivity contribution in [1.29, 1.82) is 0 Å². The van der Waals surface area contributed by atoms with Gasteiger partial charge in [-0.3, -0.25) is 0 Å². The Labute approximate surface area is 97.1 Å². The summed E-state index contributed by atoms with van der Waals surface area (Å²) >= 11 is 3.53. The van der Waals surface area contributed by atoms with Crippen molar-refractivity contribution >= 4 is 21.9 Å². The van der Waals surface area contributed by atoms with Crippen molar-refractivity contribution in [2.24, 2.45) is 7.05 Å². The fourth-order valence-electron chi connectivity index (χ4n) is 1.69. The molecule has 0 aliphatic carbocycles. The van der Waals surface area contributed by atoms with Crippen molar-refractivity contribution in [2.45, 2.75) is 6.92 Å². The molecule has 0 spiro atoms. The van der Waals surface area contributed by atoms with E-state index in [9.17, 15) is 0 Å². The van der Waals surface area contributed by atoms with E-state index in [4.69, 9.17) is 5.73 Å². The molecule has 2 N–H and O–H groups in total. The van der Waals surface area contributed by atoms with E-state index in [1.807, 2.05) is 42.8 Å². The van der Waals surface area contributed by atoms with Gasteiger partial charge >= 0.3 is 0 Å². The Bertz CT molecular complexity index is 503. The zero-order valence-corrected chi connectivity index (χ0v) is 10.2. The highest BCUT2D eigenvalue weighted by Gasteiger charge is 2.12. The van der Waals surface area contributed by atoms with Gasteiger partial charge in [0.25, 0.3) is 0 Å². The molecule has 3 nitrogen and oxygen atoms in total. The van der Waals surface area contributed by atoms with Gasteiger partial charge in [0.15, 0.2) is 0 Å². The number of rotatable bonds is 1. The lowest BCUT2D eigenvalue weighted by molar-refractivity contribution is 0.937. The number of aryl methyl sites for hydroxylation is 1. The molecule has 0 radical (unpaired) electrons. The van der Waals surface area contributed by atoms with E-state index in [0.717, 1.165) is 21.4 Å². The summed E-state index contributed by atoms with van der Waals surface area (Å²) in [5.41, 5.74) is 8.88. The predicted molar refractivity (Wildman–Crippen MR) is 65.5 cm³/mol. The Balaban J connectivity index is 2.69. The molecule has 0 atom stereocenters. The monoisotopic (exact) mass is 265 g/mol. The maximum Gasteiger partial charge on any atom is 0.200 e. The number of imidazole rings is 1. The highest BCUT2D eigenvalue weighted by molar-refractivity contribution is 9.10. The van der Waals surface area contributed by atoms with E-state index >= 15 is 0 Å². The van der Waals surface area contributed by atoms with Gasteiger partial charge in [-0.15, -0.1) is 0 Å². The van der Waals surface area contributed by atoms with Gasteiger partial charge in [-0.25, -0.2) is 4.98 Å². The molecule has 0 aliphatic rings. The van der Waals surface area contributed by atoms with Crippen molar-refractivity contribution in [3.63, 3.8) is 0 Å². The first-order valence-corrected chi connectivity index (χ1v) is 5.44. The lowest BCUT2D eigenvalue weighted by atomic mass is 10.1. The number of nitrogen functional groups attached to an aromatic ring is 1. The molecule has 0 unspecified atom stereocenters. The summed E-state index contributed by atoms with van der Waals surface area (Å²) in [6, 6.07) is 8.05. The largest absolute Gasteiger partial charge is 0.369 e. The van der Waals surface area contributed by atoms with Gasteiger partial charge < -0.3 is 10.3 Å². The molecule has 1 heterocycles. The predicted octanol–water partition coefficient (Wildman–Crippen LogP) is 2.74. The highest BCUT2D eigenvalue weighted by atomic mass is 79.9. The van der Waals surface area contributed by atoms with Crippen LogP contribution in [0, 0.1) is 6.92 Å². The summed E-state index contributed by atoms with van der Waals surface area (Å²) in [4.78, 5) is 4.25. The molecule has 1 aromatic heterocycles. The molecule has 0 amide bonds. The van der Waals surface area contributed by atoms with Crippen LogP contribution in [-0.2, 0) is 7.05 Å². The number of nitrogens with zero attached hydrogens (tertiary/aromatic N) is 2. The average molecular weight is 266 g/mol. The second-order valence-corrected chi connectivity index (χ2v) is 4.30. The number of halogens is 1. The number of aromatic nitrogens is 2. The minimum absolute atomic E-state index is 0.540. The van der Waals surface area contributed by atoms with E-state index in [1.54, 1.807) is 0 Å². The molecule has 2 rings (SSSR count). The van der Waals surface area contributed by atoms with E-state index in [1.165, 1.54) is 0 Å². The molecule has 0 saturated carbocycles. The first-order valence-electron chi connectivity index (χ1n) is 4.65. The molecule has 0 bridgehead atoms. The number of hydrogen-bond acceptors (Lipinski definition) is 2. The maximum absolute atomic E-state index is 5.77. The Hall–Kier alpha value is -1.29. The lowest BCUT2D eigenvalue weighted by Gasteiger charge is -2.06. The molecule has 4 heteroatoms. The standard InChI is InChI=1S/C11H12BrN3/c1-7-10(15(2)11(13)14-7)8-5-3-4-6-9(8)12/h3-6H,1-2H3,(H2,13,14). The topological polar surface area (TPSA) is 43.8 Å². The van der Waals surface area contributed by atoms with Crippen LogP contribution in [0.4, 0.5) is 5.95 Å². The van der Waals surface area contributed by atoms with Crippen LogP contribution in [0.5, 0.6) is 0 Å². The van der Waals surface area contributed by atoms with Gasteiger partial charge in [0.05, 0.1) is 11.4 Å². The number of nitrogens with two attached hydrogens (primary N) is 1. The minimum atomic E-state index is 0.540. The summed E-state index contributed by atoms with van der Waals surface area (Å²) in [6.45, 7) is 1.96. The molecule has 15 heavy (non-hydrogen) atoms. The minimum Gasteiger partial charge on any atom is -0.369 e. The second kappa shape index (κ2) is 3.70. The van der Waals surface area contributed by atoms with Crippen LogP contribution in [0.15, 0.2) is 28.7 Å². The molecule has 0 fully saturated rings. The molecular formula is C11H12BrN3. The fourth-order valence-corrected chi connectivity index (χ4v) is 2.16. The summed E-state index contributed by atoms with van der Waals surface area (Å²) in [5, 5.41) is 0. The molecule has 2 aromatic rings. The number of anilines is 1. The number of benzene rings is 1.